The number of nitrogens with one attached hydrogen (secondary N) is 1. The molecule has 0 fully saturated rings. The highest BCUT2D eigenvalue weighted by Gasteiger charge is 2.06. The number of hydrogen-bond donors (Lipinski definition) is 1. The first kappa shape index (κ1) is 13.5. The topological polar surface area (TPSA) is 42.0 Å². The van der Waals surface area contributed by atoms with E-state index >= 15 is 0 Å². The van der Waals surface area contributed by atoms with Crippen LogP contribution in [0.15, 0.2) is 60.0 Å². The lowest BCUT2D eigenvalue weighted by atomic mass is 10.0. The largest absolute Gasteiger partial charge is 0.302 e. The molecule has 1 heterocycles. The number of nitrogens with zero attached hydrogens (tertiary/aromatic N) is 1. The molecule has 21 heavy (non-hydrogen) atoms. The lowest BCUT2D eigenvalue weighted by molar-refractivity contribution is -0.114. The maximum Gasteiger partial charge on any atom is 0.223 e. The maximum absolute atomic E-state index is 11.0. The van der Waals surface area contributed by atoms with Crippen LogP contribution in [0.25, 0.3) is 22.4 Å². The summed E-state index contributed by atoms with van der Waals surface area (Å²) in [7, 11) is 0. The lowest BCUT2D eigenvalue weighted by Crippen LogP contribution is -2.04. The number of thiazole rings is 1. The number of anilines is 1. The van der Waals surface area contributed by atoms with Crippen molar-refractivity contribution in [1.29, 1.82) is 0 Å². The Balaban J connectivity index is 1.84. The fourth-order valence-corrected chi connectivity index (χ4v) is 2.84. The van der Waals surface area contributed by atoms with Crippen LogP contribution in [0.3, 0.4) is 0 Å². The van der Waals surface area contributed by atoms with Crippen molar-refractivity contribution < 1.29 is 4.79 Å². The first-order valence-electron chi connectivity index (χ1n) is 6.61. The van der Waals surface area contributed by atoms with Gasteiger partial charge in [0.25, 0.3) is 0 Å². The van der Waals surface area contributed by atoms with E-state index in [4.69, 9.17) is 0 Å². The Hall–Kier alpha value is -2.46. The van der Waals surface area contributed by atoms with Crippen molar-refractivity contribution in [2.24, 2.45) is 0 Å². The van der Waals surface area contributed by atoms with E-state index in [0.717, 1.165) is 11.3 Å². The van der Waals surface area contributed by atoms with E-state index in [1.54, 1.807) is 0 Å². The van der Waals surface area contributed by atoms with Crippen LogP contribution in [0.5, 0.6) is 0 Å². The average Bonchev–Trinajstić information content (AvgIpc) is 2.96. The van der Waals surface area contributed by atoms with Gasteiger partial charge >= 0.3 is 0 Å². The Morgan fingerprint density at radius 1 is 0.952 bits per heavy atom. The van der Waals surface area contributed by atoms with Crippen molar-refractivity contribution in [2.75, 3.05) is 5.32 Å². The fourth-order valence-electron chi connectivity index (χ4n) is 2.08. The number of rotatable bonds is 3. The van der Waals surface area contributed by atoms with Gasteiger partial charge in [-0.15, -0.1) is 11.3 Å². The SMILES string of the molecule is CC(=O)Nc1nc(-c2ccc(-c3ccccc3)cc2)cs1. The van der Waals surface area contributed by atoms with Gasteiger partial charge in [-0.1, -0.05) is 54.6 Å². The van der Waals surface area contributed by atoms with Gasteiger partial charge in [0.1, 0.15) is 0 Å². The summed E-state index contributed by atoms with van der Waals surface area (Å²) in [5.41, 5.74) is 4.30. The predicted octanol–water partition coefficient (Wildman–Crippen LogP) is 4.44. The third kappa shape index (κ3) is 3.17. The van der Waals surface area contributed by atoms with Crippen molar-refractivity contribution in [1.82, 2.24) is 4.98 Å². The Bertz CT molecular complexity index is 748. The zero-order valence-corrected chi connectivity index (χ0v) is 12.4. The van der Waals surface area contributed by atoms with Crippen molar-refractivity contribution in [3.8, 4) is 22.4 Å². The quantitative estimate of drug-likeness (QED) is 0.776. The smallest absolute Gasteiger partial charge is 0.223 e. The number of carbonyl (C=O) groups is 1. The van der Waals surface area contributed by atoms with Crippen LogP contribution in [-0.4, -0.2) is 10.9 Å². The first-order valence-corrected chi connectivity index (χ1v) is 7.49. The Labute approximate surface area is 127 Å². The monoisotopic (exact) mass is 294 g/mol. The molecule has 0 saturated heterocycles. The molecular weight excluding hydrogens is 280 g/mol. The molecule has 2 aromatic carbocycles. The molecule has 3 aromatic rings. The molecule has 1 N–H and O–H groups in total. The zero-order chi connectivity index (χ0) is 14.7. The van der Waals surface area contributed by atoms with Gasteiger partial charge in [0.2, 0.25) is 5.91 Å². The van der Waals surface area contributed by atoms with E-state index in [-0.39, 0.29) is 5.91 Å². The van der Waals surface area contributed by atoms with E-state index in [0.29, 0.717) is 5.13 Å². The molecule has 1 amide bonds. The summed E-state index contributed by atoms with van der Waals surface area (Å²) in [4.78, 5) is 15.4. The molecule has 3 nitrogen and oxygen atoms in total. The Morgan fingerprint density at radius 3 is 2.24 bits per heavy atom. The molecular formula is C17H14N2OS. The van der Waals surface area contributed by atoms with E-state index < -0.39 is 0 Å². The van der Waals surface area contributed by atoms with E-state index in [1.807, 2.05) is 23.6 Å². The number of aromatic nitrogens is 1. The van der Waals surface area contributed by atoms with E-state index in [1.165, 1.54) is 29.4 Å². The van der Waals surface area contributed by atoms with Crippen molar-refractivity contribution in [2.45, 2.75) is 6.92 Å². The average molecular weight is 294 g/mol. The normalized spacial score (nSPS) is 10.3. The number of carbonyl (C=O) groups excluding carboxylic acids is 1. The zero-order valence-electron chi connectivity index (χ0n) is 11.5. The second-order valence-corrected chi connectivity index (χ2v) is 5.52. The molecule has 3 rings (SSSR count). The molecule has 0 spiro atoms. The number of amides is 1. The second kappa shape index (κ2) is 5.89. The van der Waals surface area contributed by atoms with E-state index in [9.17, 15) is 4.79 Å². The molecule has 1 aromatic heterocycles. The highest BCUT2D eigenvalue weighted by atomic mass is 32.1. The van der Waals surface area contributed by atoms with Crippen molar-refractivity contribution >= 4 is 22.4 Å². The molecule has 4 heteroatoms. The summed E-state index contributed by atoms with van der Waals surface area (Å²) in [6.07, 6.45) is 0. The van der Waals surface area contributed by atoms with Crippen LogP contribution >= 0.6 is 11.3 Å². The summed E-state index contributed by atoms with van der Waals surface area (Å²) < 4.78 is 0. The standard InChI is InChI=1S/C17H14N2OS/c1-12(20)18-17-19-16(11-21-17)15-9-7-14(8-10-15)13-5-3-2-4-6-13/h2-11H,1H3,(H,18,19,20). The van der Waals surface area contributed by atoms with Crippen LogP contribution in [0.2, 0.25) is 0 Å². The second-order valence-electron chi connectivity index (χ2n) is 4.66. The number of benzene rings is 2. The molecule has 0 aliphatic rings. The highest BCUT2D eigenvalue weighted by molar-refractivity contribution is 7.14. The Morgan fingerprint density at radius 2 is 1.57 bits per heavy atom. The van der Waals surface area contributed by atoms with Gasteiger partial charge in [-0.25, -0.2) is 4.98 Å². The predicted molar refractivity (Wildman–Crippen MR) is 87.3 cm³/mol. The Kier molecular flexibility index (Phi) is 3.79. The van der Waals surface area contributed by atoms with Gasteiger partial charge in [0, 0.05) is 17.9 Å². The van der Waals surface area contributed by atoms with Crippen molar-refractivity contribution in [3.63, 3.8) is 0 Å². The first-order chi connectivity index (χ1) is 10.2. The van der Waals surface area contributed by atoms with E-state index in [2.05, 4.69) is 46.7 Å². The molecule has 0 radical (unpaired) electrons. The minimum absolute atomic E-state index is 0.102. The summed E-state index contributed by atoms with van der Waals surface area (Å²) in [6, 6.07) is 18.5. The molecule has 0 saturated carbocycles. The summed E-state index contributed by atoms with van der Waals surface area (Å²) in [5, 5.41) is 5.28. The fraction of sp³-hybridized carbons (Fsp3) is 0.0588. The van der Waals surface area contributed by atoms with Gasteiger partial charge in [-0.3, -0.25) is 4.79 Å². The minimum atomic E-state index is -0.102. The lowest BCUT2D eigenvalue weighted by Gasteiger charge is -2.02. The van der Waals surface area contributed by atoms with Crippen LogP contribution in [0.4, 0.5) is 5.13 Å². The summed E-state index contributed by atoms with van der Waals surface area (Å²) in [5.74, 6) is -0.102. The summed E-state index contributed by atoms with van der Waals surface area (Å²) in [6.45, 7) is 1.48. The van der Waals surface area contributed by atoms with Gasteiger partial charge in [0.15, 0.2) is 5.13 Å². The van der Waals surface area contributed by atoms with Crippen LogP contribution in [0.1, 0.15) is 6.92 Å². The molecule has 0 aliphatic carbocycles. The van der Waals surface area contributed by atoms with Gasteiger partial charge < -0.3 is 5.32 Å². The number of hydrogen-bond acceptors (Lipinski definition) is 3. The third-order valence-electron chi connectivity index (χ3n) is 3.07. The van der Waals surface area contributed by atoms with Crippen LogP contribution in [0, 0.1) is 0 Å². The molecule has 0 unspecified atom stereocenters. The molecule has 0 bridgehead atoms. The molecule has 104 valence electrons. The molecule has 0 aliphatic heterocycles. The van der Waals surface area contributed by atoms with Crippen LogP contribution < -0.4 is 5.32 Å². The summed E-state index contributed by atoms with van der Waals surface area (Å²) >= 11 is 1.43. The van der Waals surface area contributed by atoms with Gasteiger partial charge in [-0.05, 0) is 11.1 Å². The third-order valence-corrected chi connectivity index (χ3v) is 3.83. The van der Waals surface area contributed by atoms with Crippen molar-refractivity contribution in [3.05, 3.63) is 60.0 Å². The molecule has 0 atom stereocenters. The minimum Gasteiger partial charge on any atom is -0.302 e. The maximum atomic E-state index is 11.0. The van der Waals surface area contributed by atoms with Gasteiger partial charge in [-0.2, -0.15) is 0 Å². The highest BCUT2D eigenvalue weighted by Crippen LogP contribution is 2.27. The van der Waals surface area contributed by atoms with Crippen LogP contribution in [-0.2, 0) is 4.79 Å². The van der Waals surface area contributed by atoms with Gasteiger partial charge in [0.05, 0.1) is 5.69 Å².